The average molecular weight is 355 g/mol. The molecule has 1 fully saturated rings. The van der Waals surface area contributed by atoms with Crippen LogP contribution in [0.4, 0.5) is 0 Å². The normalized spacial score (nSPS) is 16.1. The van der Waals surface area contributed by atoms with E-state index < -0.39 is 0 Å². The lowest BCUT2D eigenvalue weighted by Crippen LogP contribution is -2.42. The van der Waals surface area contributed by atoms with Crippen molar-refractivity contribution in [3.63, 3.8) is 0 Å². The number of hydrogen-bond donors (Lipinski definition) is 1. The maximum atomic E-state index is 12.5. The number of aryl methyl sites for hydroxylation is 1. The summed E-state index contributed by atoms with van der Waals surface area (Å²) >= 11 is 0. The number of likely N-dealkylation sites (tertiary alicyclic amines) is 1. The molecule has 1 amide bonds. The molecule has 0 radical (unpaired) electrons. The molecule has 1 aromatic heterocycles. The first-order chi connectivity index (χ1) is 12.5. The Morgan fingerprint density at radius 3 is 2.54 bits per heavy atom. The molecule has 26 heavy (non-hydrogen) atoms. The molecular formula is C21H29N3O2. The third-order valence-corrected chi connectivity index (χ3v) is 5.48. The number of carbonyl (C=O) groups is 1. The van der Waals surface area contributed by atoms with Crippen molar-refractivity contribution in [1.29, 1.82) is 0 Å². The van der Waals surface area contributed by atoms with Gasteiger partial charge in [-0.05, 0) is 69.8 Å². The first kappa shape index (κ1) is 18.6. The highest BCUT2D eigenvalue weighted by Crippen LogP contribution is 2.21. The van der Waals surface area contributed by atoms with Crippen LogP contribution in [-0.4, -0.2) is 46.9 Å². The summed E-state index contributed by atoms with van der Waals surface area (Å²) in [5.41, 5.74) is 2.82. The van der Waals surface area contributed by atoms with Crippen molar-refractivity contribution >= 4 is 16.8 Å². The van der Waals surface area contributed by atoms with Crippen LogP contribution in [0.2, 0.25) is 0 Å². The van der Waals surface area contributed by atoms with E-state index in [1.165, 1.54) is 0 Å². The van der Waals surface area contributed by atoms with E-state index in [2.05, 4.69) is 22.0 Å². The molecule has 0 bridgehead atoms. The molecule has 1 aliphatic heterocycles. The lowest BCUT2D eigenvalue weighted by molar-refractivity contribution is -0.136. The Morgan fingerprint density at radius 1 is 1.19 bits per heavy atom. The molecule has 0 unspecified atom stereocenters. The first-order valence-corrected chi connectivity index (χ1v) is 9.65. The molecule has 0 spiro atoms. The van der Waals surface area contributed by atoms with Crippen LogP contribution in [0.25, 0.3) is 10.9 Å². The summed E-state index contributed by atoms with van der Waals surface area (Å²) in [7, 11) is 0. The van der Waals surface area contributed by atoms with Crippen molar-refractivity contribution in [2.24, 2.45) is 5.92 Å². The number of aromatic nitrogens is 1. The lowest BCUT2D eigenvalue weighted by Gasteiger charge is -2.33. The molecule has 2 aromatic rings. The van der Waals surface area contributed by atoms with E-state index in [9.17, 15) is 9.59 Å². The van der Waals surface area contributed by atoms with Crippen LogP contribution in [0, 0.1) is 12.8 Å². The zero-order chi connectivity index (χ0) is 18.7. The highest BCUT2D eigenvalue weighted by Gasteiger charge is 2.27. The first-order valence-electron chi connectivity index (χ1n) is 9.65. The molecule has 1 aromatic carbocycles. The number of benzene rings is 1. The van der Waals surface area contributed by atoms with Gasteiger partial charge in [0.2, 0.25) is 5.91 Å². The fraction of sp³-hybridized carbons (Fsp3) is 0.524. The summed E-state index contributed by atoms with van der Waals surface area (Å²) in [5, 5.41) is 1.07. The van der Waals surface area contributed by atoms with E-state index in [1.807, 2.05) is 37.8 Å². The van der Waals surface area contributed by atoms with Gasteiger partial charge in [-0.3, -0.25) is 14.5 Å². The fourth-order valence-electron chi connectivity index (χ4n) is 3.85. The number of aromatic amines is 1. The molecule has 2 heterocycles. The minimum atomic E-state index is -0.00978. The maximum Gasteiger partial charge on any atom is 0.252 e. The molecular weight excluding hydrogens is 326 g/mol. The minimum Gasteiger partial charge on any atom is -0.343 e. The highest BCUT2D eigenvalue weighted by molar-refractivity contribution is 5.80. The summed E-state index contributed by atoms with van der Waals surface area (Å²) in [5.74, 6) is 0.414. The molecule has 1 N–H and O–H groups in total. The Hall–Kier alpha value is -2.14. The Morgan fingerprint density at radius 2 is 1.88 bits per heavy atom. The fourth-order valence-corrected chi connectivity index (χ4v) is 3.85. The van der Waals surface area contributed by atoms with Gasteiger partial charge in [-0.15, -0.1) is 0 Å². The van der Waals surface area contributed by atoms with Crippen molar-refractivity contribution in [2.45, 2.75) is 40.2 Å². The summed E-state index contributed by atoms with van der Waals surface area (Å²) in [6.07, 6.45) is 1.75. The highest BCUT2D eigenvalue weighted by atomic mass is 16.2. The van der Waals surface area contributed by atoms with Gasteiger partial charge in [0.05, 0.1) is 0 Å². The number of carbonyl (C=O) groups excluding carboxylic acids is 1. The smallest absolute Gasteiger partial charge is 0.252 e. The second-order valence-electron chi connectivity index (χ2n) is 7.28. The van der Waals surface area contributed by atoms with Crippen molar-refractivity contribution < 1.29 is 4.79 Å². The van der Waals surface area contributed by atoms with Gasteiger partial charge in [-0.2, -0.15) is 0 Å². The van der Waals surface area contributed by atoms with E-state index in [-0.39, 0.29) is 17.4 Å². The van der Waals surface area contributed by atoms with Gasteiger partial charge < -0.3 is 9.88 Å². The molecule has 0 aliphatic carbocycles. The van der Waals surface area contributed by atoms with Gasteiger partial charge in [-0.25, -0.2) is 0 Å². The largest absolute Gasteiger partial charge is 0.343 e. The SMILES string of the molecule is CCN(CC)C(=O)C1CCN(Cc2cc3ccc(C)cc3[nH]c2=O)CC1. The number of nitrogens with zero attached hydrogens (tertiary/aromatic N) is 2. The van der Waals surface area contributed by atoms with Crippen LogP contribution >= 0.6 is 0 Å². The van der Waals surface area contributed by atoms with Crippen LogP contribution in [0.3, 0.4) is 0 Å². The monoisotopic (exact) mass is 355 g/mol. The topological polar surface area (TPSA) is 56.4 Å². The second kappa shape index (κ2) is 8.04. The molecule has 0 saturated carbocycles. The zero-order valence-corrected chi connectivity index (χ0v) is 16.0. The van der Waals surface area contributed by atoms with Gasteiger partial charge in [0, 0.05) is 36.6 Å². The Kier molecular flexibility index (Phi) is 5.77. The van der Waals surface area contributed by atoms with Crippen LogP contribution in [-0.2, 0) is 11.3 Å². The standard InChI is InChI=1S/C21H29N3O2/c1-4-24(5-2)21(26)16-8-10-23(11-9-16)14-18-13-17-7-6-15(3)12-19(17)22-20(18)25/h6-7,12-13,16H,4-5,8-11,14H2,1-3H3,(H,22,25). The van der Waals surface area contributed by atoms with E-state index in [0.717, 1.165) is 61.1 Å². The Bertz CT molecular complexity index is 831. The number of fused-ring (bicyclic) bond motifs is 1. The zero-order valence-electron chi connectivity index (χ0n) is 16.0. The minimum absolute atomic E-state index is 0.00978. The van der Waals surface area contributed by atoms with Gasteiger partial charge in [0.1, 0.15) is 0 Å². The van der Waals surface area contributed by atoms with E-state index in [0.29, 0.717) is 6.54 Å². The van der Waals surface area contributed by atoms with Crippen molar-refractivity contribution in [3.05, 3.63) is 45.7 Å². The number of nitrogens with one attached hydrogen (secondary N) is 1. The van der Waals surface area contributed by atoms with Crippen molar-refractivity contribution in [3.8, 4) is 0 Å². The van der Waals surface area contributed by atoms with Gasteiger partial charge in [0.25, 0.3) is 5.56 Å². The predicted molar refractivity (Wildman–Crippen MR) is 105 cm³/mol. The molecule has 0 atom stereocenters. The Balaban J connectivity index is 1.65. The summed E-state index contributed by atoms with van der Waals surface area (Å²) in [6, 6.07) is 8.12. The van der Waals surface area contributed by atoms with Crippen LogP contribution in [0.5, 0.6) is 0 Å². The molecule has 3 rings (SSSR count). The van der Waals surface area contributed by atoms with Crippen LogP contribution in [0.15, 0.2) is 29.1 Å². The van der Waals surface area contributed by atoms with E-state index >= 15 is 0 Å². The van der Waals surface area contributed by atoms with Crippen LogP contribution in [0.1, 0.15) is 37.8 Å². The number of H-pyrrole nitrogens is 1. The average Bonchev–Trinajstić information content (AvgIpc) is 2.64. The molecule has 140 valence electrons. The quantitative estimate of drug-likeness (QED) is 0.897. The van der Waals surface area contributed by atoms with Crippen LogP contribution < -0.4 is 5.56 Å². The van der Waals surface area contributed by atoms with E-state index in [4.69, 9.17) is 0 Å². The number of hydrogen-bond acceptors (Lipinski definition) is 3. The Labute approximate surface area is 155 Å². The van der Waals surface area contributed by atoms with Gasteiger partial charge in [-0.1, -0.05) is 12.1 Å². The predicted octanol–water partition coefficient (Wildman–Crippen LogP) is 2.92. The summed E-state index contributed by atoms with van der Waals surface area (Å²) < 4.78 is 0. The number of piperidine rings is 1. The number of pyridine rings is 1. The summed E-state index contributed by atoms with van der Waals surface area (Å²) in [6.45, 7) is 10.0. The van der Waals surface area contributed by atoms with E-state index in [1.54, 1.807) is 0 Å². The molecule has 5 heteroatoms. The van der Waals surface area contributed by atoms with Gasteiger partial charge >= 0.3 is 0 Å². The van der Waals surface area contributed by atoms with Crippen molar-refractivity contribution in [1.82, 2.24) is 14.8 Å². The molecule has 1 saturated heterocycles. The summed E-state index contributed by atoms with van der Waals surface area (Å²) in [4.78, 5) is 32.1. The third-order valence-electron chi connectivity index (χ3n) is 5.48. The third kappa shape index (κ3) is 3.98. The maximum absolute atomic E-state index is 12.5. The van der Waals surface area contributed by atoms with Crippen molar-refractivity contribution in [2.75, 3.05) is 26.2 Å². The van der Waals surface area contributed by atoms with Gasteiger partial charge in [0.15, 0.2) is 0 Å². The number of rotatable bonds is 5. The second-order valence-corrected chi connectivity index (χ2v) is 7.28. The lowest BCUT2D eigenvalue weighted by atomic mass is 9.95. The molecule has 1 aliphatic rings. The molecule has 5 nitrogen and oxygen atoms in total. The number of amides is 1.